The molecule has 0 unspecified atom stereocenters. The van der Waals surface area contributed by atoms with Crippen LogP contribution >= 0.6 is 0 Å². The van der Waals surface area contributed by atoms with Gasteiger partial charge >= 0.3 is 0 Å². The Labute approximate surface area is 98.0 Å². The van der Waals surface area contributed by atoms with Gasteiger partial charge in [-0.1, -0.05) is 0 Å². The summed E-state index contributed by atoms with van der Waals surface area (Å²) in [6.07, 6.45) is 0. The second-order valence-electron chi connectivity index (χ2n) is 4.09. The maximum atomic E-state index is 11.7. The zero-order valence-electron chi connectivity index (χ0n) is 9.26. The molecule has 90 valence electrons. The molecule has 0 saturated carbocycles. The van der Waals surface area contributed by atoms with E-state index in [2.05, 4.69) is 0 Å². The van der Waals surface area contributed by atoms with Gasteiger partial charge in [-0.3, -0.25) is 23.7 Å². The molecule has 0 bridgehead atoms. The van der Waals surface area contributed by atoms with Gasteiger partial charge in [0.15, 0.2) is 0 Å². The van der Waals surface area contributed by atoms with Crippen LogP contribution in [0.3, 0.4) is 0 Å². The summed E-state index contributed by atoms with van der Waals surface area (Å²) in [5, 5.41) is 0.353. The summed E-state index contributed by atoms with van der Waals surface area (Å²) in [4.78, 5) is 46.8. The summed E-state index contributed by atoms with van der Waals surface area (Å²) in [6.45, 7) is 0. The van der Waals surface area contributed by atoms with Crippen molar-refractivity contribution in [1.29, 1.82) is 0 Å². The van der Waals surface area contributed by atoms with E-state index in [0.717, 1.165) is 4.57 Å². The van der Waals surface area contributed by atoms with Gasteiger partial charge in [-0.25, -0.2) is 0 Å². The molecule has 0 aliphatic carbocycles. The highest BCUT2D eigenvalue weighted by Crippen LogP contribution is 2.13. The fraction of sp³-hybridized carbons (Fsp3) is 0.0909. The molecule has 7 nitrogen and oxygen atoms in total. The van der Waals surface area contributed by atoms with Crippen molar-refractivity contribution in [2.24, 2.45) is 7.05 Å². The number of nitrogens with two attached hydrogens (primary N) is 1. The zero-order valence-corrected chi connectivity index (χ0v) is 9.26. The number of nitrogens with zero attached hydrogens (tertiary/aromatic N) is 2. The Morgan fingerprint density at radius 2 is 1.11 bits per heavy atom. The van der Waals surface area contributed by atoms with Crippen molar-refractivity contribution >= 4 is 21.5 Å². The number of hydrogen-bond acceptors (Lipinski definition) is 5. The number of benzene rings is 1. The lowest BCUT2D eigenvalue weighted by atomic mass is 10.1. The summed E-state index contributed by atoms with van der Waals surface area (Å²) >= 11 is 0. The highest BCUT2D eigenvalue weighted by Gasteiger charge is 2.16. The molecule has 3 rings (SSSR count). The molecule has 2 aromatic heterocycles. The van der Waals surface area contributed by atoms with E-state index in [1.807, 2.05) is 0 Å². The molecule has 0 amide bonds. The first-order valence-corrected chi connectivity index (χ1v) is 5.07. The Morgan fingerprint density at radius 1 is 0.778 bits per heavy atom. The monoisotopic (exact) mass is 245 g/mol. The van der Waals surface area contributed by atoms with Crippen LogP contribution in [-0.4, -0.2) is 9.24 Å². The lowest BCUT2D eigenvalue weighted by molar-refractivity contribution is 0.856. The van der Waals surface area contributed by atoms with Crippen LogP contribution in [0, 0.1) is 0 Å². The number of hydrogen-bond donors (Lipinski definition) is 1. The van der Waals surface area contributed by atoms with Gasteiger partial charge in [0.25, 0.3) is 22.2 Å². The molecule has 0 spiro atoms. The highest BCUT2D eigenvalue weighted by molar-refractivity contribution is 5.97. The van der Waals surface area contributed by atoms with E-state index in [4.69, 9.17) is 5.84 Å². The molecule has 3 aromatic rings. The maximum Gasteiger partial charge on any atom is 0.280 e. The summed E-state index contributed by atoms with van der Waals surface area (Å²) < 4.78 is 1.41. The first kappa shape index (κ1) is 10.5. The lowest BCUT2D eigenvalue weighted by Crippen LogP contribution is -2.32. The lowest BCUT2D eigenvalue weighted by Gasteiger charge is -1.86. The van der Waals surface area contributed by atoms with Crippen molar-refractivity contribution in [2.45, 2.75) is 0 Å². The van der Waals surface area contributed by atoms with Crippen molar-refractivity contribution < 1.29 is 0 Å². The van der Waals surface area contributed by atoms with Gasteiger partial charge in [0.2, 0.25) is 0 Å². The third-order valence-electron chi connectivity index (χ3n) is 3.13. The van der Waals surface area contributed by atoms with E-state index >= 15 is 0 Å². The van der Waals surface area contributed by atoms with E-state index in [-0.39, 0.29) is 21.5 Å². The molecule has 18 heavy (non-hydrogen) atoms. The molecule has 0 fully saturated rings. The zero-order chi connectivity index (χ0) is 13.2. The van der Waals surface area contributed by atoms with Crippen molar-refractivity contribution in [3.05, 3.63) is 53.5 Å². The Bertz CT molecular complexity index is 857. The Balaban J connectivity index is 2.78. The number of nitrogen functional groups attached to an aromatic ring is 1. The van der Waals surface area contributed by atoms with Crippen LogP contribution < -0.4 is 28.1 Å². The minimum atomic E-state index is -0.674. The molecule has 0 atom stereocenters. The fourth-order valence-corrected chi connectivity index (χ4v) is 2.11. The normalized spacial score (nSPS) is 11.6. The van der Waals surface area contributed by atoms with Crippen LogP contribution in [0.4, 0.5) is 0 Å². The Morgan fingerprint density at radius 3 is 1.50 bits per heavy atom. The smallest absolute Gasteiger partial charge is 0.280 e. The molecule has 0 saturated heterocycles. The SMILES string of the molecule is Cn1c(=O)c2cc3c(=O)n(N)c(=O)c3cc2c1=O. The summed E-state index contributed by atoms with van der Waals surface area (Å²) in [6, 6.07) is 2.50. The molecule has 0 aliphatic rings. The van der Waals surface area contributed by atoms with Crippen molar-refractivity contribution in [3.8, 4) is 0 Å². The quantitative estimate of drug-likeness (QED) is 0.469. The summed E-state index contributed by atoms with van der Waals surface area (Å²) in [5.74, 6) is 5.28. The minimum absolute atomic E-state index is 0.0534. The van der Waals surface area contributed by atoms with E-state index in [0.29, 0.717) is 4.68 Å². The molecule has 2 N–H and O–H groups in total. The van der Waals surface area contributed by atoms with Gasteiger partial charge in [-0.2, -0.15) is 4.68 Å². The molecule has 1 aromatic carbocycles. The molecule has 0 aliphatic heterocycles. The van der Waals surface area contributed by atoms with Crippen LogP contribution in [0.5, 0.6) is 0 Å². The van der Waals surface area contributed by atoms with Crippen molar-refractivity contribution in [2.75, 3.05) is 5.84 Å². The van der Waals surface area contributed by atoms with Crippen molar-refractivity contribution in [3.63, 3.8) is 0 Å². The van der Waals surface area contributed by atoms with Gasteiger partial charge in [0.1, 0.15) is 0 Å². The van der Waals surface area contributed by atoms with Crippen LogP contribution in [-0.2, 0) is 7.05 Å². The van der Waals surface area contributed by atoms with Crippen LogP contribution in [0.2, 0.25) is 0 Å². The Hall–Kier alpha value is -2.70. The second-order valence-corrected chi connectivity index (χ2v) is 4.09. The van der Waals surface area contributed by atoms with E-state index < -0.39 is 22.2 Å². The van der Waals surface area contributed by atoms with Crippen molar-refractivity contribution in [1.82, 2.24) is 9.24 Å². The predicted molar refractivity (Wildman–Crippen MR) is 66.0 cm³/mol. The average Bonchev–Trinajstić information content (AvgIpc) is 2.71. The molecular weight excluding hydrogens is 238 g/mol. The number of rotatable bonds is 0. The van der Waals surface area contributed by atoms with Crippen LogP contribution in [0.1, 0.15) is 0 Å². The van der Waals surface area contributed by atoms with Gasteiger partial charge < -0.3 is 5.84 Å². The first-order chi connectivity index (χ1) is 8.43. The molecular formula is C11H7N3O4. The van der Waals surface area contributed by atoms with Gasteiger partial charge in [-0.05, 0) is 12.1 Å². The first-order valence-electron chi connectivity index (χ1n) is 5.07. The number of fused-ring (bicyclic) bond motifs is 2. The van der Waals surface area contributed by atoms with E-state index in [1.54, 1.807) is 0 Å². The average molecular weight is 245 g/mol. The second kappa shape index (κ2) is 2.95. The van der Waals surface area contributed by atoms with Gasteiger partial charge in [0.05, 0.1) is 21.5 Å². The number of aromatic nitrogens is 2. The van der Waals surface area contributed by atoms with E-state index in [9.17, 15) is 19.2 Å². The topological polar surface area (TPSA) is 104 Å². The summed E-state index contributed by atoms with van der Waals surface area (Å²) in [7, 11) is 1.34. The largest absolute Gasteiger partial charge is 0.333 e. The predicted octanol–water partition coefficient (Wildman–Crippen LogP) is -1.84. The molecule has 2 heterocycles. The third-order valence-corrected chi connectivity index (χ3v) is 3.13. The Kier molecular flexibility index (Phi) is 1.71. The van der Waals surface area contributed by atoms with Crippen LogP contribution in [0.25, 0.3) is 21.5 Å². The fourth-order valence-electron chi connectivity index (χ4n) is 2.11. The third kappa shape index (κ3) is 0.981. The standard InChI is InChI=1S/C11H7N3O4/c1-13-8(15)4-2-6-7(3-5(4)9(13)16)11(18)14(12)10(6)17/h2-3H,12H2,1H3. The summed E-state index contributed by atoms with van der Waals surface area (Å²) in [5.41, 5.74) is -2.33. The molecule has 0 radical (unpaired) electrons. The van der Waals surface area contributed by atoms with Gasteiger partial charge in [-0.15, -0.1) is 0 Å². The minimum Gasteiger partial charge on any atom is -0.333 e. The van der Waals surface area contributed by atoms with E-state index in [1.165, 1.54) is 19.2 Å². The van der Waals surface area contributed by atoms with Crippen LogP contribution in [0.15, 0.2) is 31.3 Å². The highest BCUT2D eigenvalue weighted by atomic mass is 16.2. The maximum absolute atomic E-state index is 11.7. The van der Waals surface area contributed by atoms with Gasteiger partial charge in [0, 0.05) is 7.05 Å². The molecule has 7 heteroatoms.